The maximum atomic E-state index is 5.96. The molecule has 2 aromatic rings. The van der Waals surface area contributed by atoms with Crippen LogP contribution in [0.15, 0.2) is 22.7 Å². The number of methoxy groups -OCH3 is 1. The van der Waals surface area contributed by atoms with Crippen LogP contribution in [0, 0.1) is 5.92 Å². The van der Waals surface area contributed by atoms with E-state index in [1.54, 1.807) is 19.2 Å². The van der Waals surface area contributed by atoms with Gasteiger partial charge in [0.25, 0.3) is 0 Å². The van der Waals surface area contributed by atoms with Crippen LogP contribution in [0.5, 0.6) is 5.75 Å². The quantitative estimate of drug-likeness (QED) is 0.926. The fourth-order valence-corrected chi connectivity index (χ4v) is 2.15. The maximum absolute atomic E-state index is 5.96. The largest absolute Gasteiger partial charge is 0.496 e. The average Bonchev–Trinajstić information content (AvgIpc) is 2.70. The summed E-state index contributed by atoms with van der Waals surface area (Å²) in [5.41, 5.74) is 7.60. The number of anilines is 1. The molecule has 0 atom stereocenters. The Labute approximate surface area is 117 Å². The van der Waals surface area contributed by atoms with E-state index >= 15 is 0 Å². The SMILES string of the molecule is COc1cc(Cl)ccc1-c1onc(N)c1CC(C)C. The minimum atomic E-state index is 0.431. The van der Waals surface area contributed by atoms with Crippen molar-refractivity contribution in [2.45, 2.75) is 20.3 Å². The fraction of sp³-hybridized carbons (Fsp3) is 0.357. The van der Waals surface area contributed by atoms with Gasteiger partial charge in [0, 0.05) is 10.6 Å². The molecule has 1 aromatic carbocycles. The molecule has 0 amide bonds. The van der Waals surface area contributed by atoms with Gasteiger partial charge in [0.2, 0.25) is 0 Å². The summed E-state index contributed by atoms with van der Waals surface area (Å²) in [6.07, 6.45) is 0.802. The van der Waals surface area contributed by atoms with Crippen LogP contribution in [0.3, 0.4) is 0 Å². The molecule has 0 aliphatic carbocycles. The maximum Gasteiger partial charge on any atom is 0.175 e. The van der Waals surface area contributed by atoms with Crippen molar-refractivity contribution in [3.63, 3.8) is 0 Å². The first-order chi connectivity index (χ1) is 9.02. The Morgan fingerprint density at radius 1 is 1.42 bits per heavy atom. The van der Waals surface area contributed by atoms with Crippen LogP contribution in [-0.2, 0) is 6.42 Å². The first kappa shape index (κ1) is 13.7. The van der Waals surface area contributed by atoms with Gasteiger partial charge in [0.15, 0.2) is 11.6 Å². The van der Waals surface area contributed by atoms with Crippen molar-refractivity contribution in [2.75, 3.05) is 12.8 Å². The summed E-state index contributed by atoms with van der Waals surface area (Å²) in [6, 6.07) is 5.39. The highest BCUT2D eigenvalue weighted by Crippen LogP contribution is 2.37. The first-order valence-corrected chi connectivity index (χ1v) is 6.48. The molecule has 0 aliphatic rings. The Morgan fingerprint density at radius 3 is 2.79 bits per heavy atom. The lowest BCUT2D eigenvalue weighted by molar-refractivity contribution is 0.406. The molecule has 5 heteroatoms. The van der Waals surface area contributed by atoms with Gasteiger partial charge in [-0.15, -0.1) is 0 Å². The number of aromatic nitrogens is 1. The molecule has 0 saturated carbocycles. The summed E-state index contributed by atoms with van der Waals surface area (Å²) < 4.78 is 10.7. The Bertz CT molecular complexity index is 579. The van der Waals surface area contributed by atoms with Crippen molar-refractivity contribution in [1.29, 1.82) is 0 Å². The third-order valence-electron chi connectivity index (χ3n) is 2.84. The number of halogens is 1. The van der Waals surface area contributed by atoms with Crippen molar-refractivity contribution in [1.82, 2.24) is 5.16 Å². The molecule has 0 aliphatic heterocycles. The van der Waals surface area contributed by atoms with Crippen LogP contribution in [0.2, 0.25) is 5.02 Å². The number of hydrogen-bond acceptors (Lipinski definition) is 4. The van der Waals surface area contributed by atoms with Gasteiger partial charge >= 0.3 is 0 Å². The van der Waals surface area contributed by atoms with Gasteiger partial charge in [0.05, 0.1) is 12.7 Å². The van der Waals surface area contributed by atoms with E-state index in [4.69, 9.17) is 26.6 Å². The number of nitrogens with zero attached hydrogens (tertiary/aromatic N) is 1. The van der Waals surface area contributed by atoms with Crippen LogP contribution in [0.4, 0.5) is 5.82 Å². The van der Waals surface area contributed by atoms with E-state index in [0.29, 0.717) is 28.3 Å². The van der Waals surface area contributed by atoms with Crippen LogP contribution < -0.4 is 10.5 Å². The first-order valence-electron chi connectivity index (χ1n) is 6.10. The zero-order valence-corrected chi connectivity index (χ0v) is 12.0. The van der Waals surface area contributed by atoms with Crippen LogP contribution in [-0.4, -0.2) is 12.3 Å². The van der Waals surface area contributed by atoms with E-state index in [2.05, 4.69) is 19.0 Å². The predicted octanol–water partition coefficient (Wildman–Crippen LogP) is 3.78. The fourth-order valence-electron chi connectivity index (χ4n) is 1.99. The number of ether oxygens (including phenoxy) is 1. The van der Waals surface area contributed by atoms with Crippen LogP contribution in [0.25, 0.3) is 11.3 Å². The number of rotatable bonds is 4. The van der Waals surface area contributed by atoms with Crippen molar-refractivity contribution < 1.29 is 9.26 Å². The van der Waals surface area contributed by atoms with Gasteiger partial charge in [-0.2, -0.15) is 0 Å². The number of nitrogen functional groups attached to an aromatic ring is 1. The molecule has 2 rings (SSSR count). The van der Waals surface area contributed by atoms with Crippen LogP contribution in [0.1, 0.15) is 19.4 Å². The molecule has 0 bridgehead atoms. The van der Waals surface area contributed by atoms with Gasteiger partial charge in [-0.3, -0.25) is 0 Å². The molecule has 1 heterocycles. The molecule has 0 unspecified atom stereocenters. The summed E-state index contributed by atoms with van der Waals surface area (Å²) in [6.45, 7) is 4.24. The molecule has 0 spiro atoms. The molecular weight excluding hydrogens is 264 g/mol. The average molecular weight is 281 g/mol. The lowest BCUT2D eigenvalue weighted by Gasteiger charge is -2.09. The smallest absolute Gasteiger partial charge is 0.175 e. The van der Waals surface area contributed by atoms with E-state index in [-0.39, 0.29) is 0 Å². The van der Waals surface area contributed by atoms with E-state index in [1.165, 1.54) is 0 Å². The van der Waals surface area contributed by atoms with Gasteiger partial charge < -0.3 is 15.0 Å². The summed E-state index contributed by atoms with van der Waals surface area (Å²) in [7, 11) is 1.59. The van der Waals surface area contributed by atoms with Crippen molar-refractivity contribution in [3.8, 4) is 17.1 Å². The third-order valence-corrected chi connectivity index (χ3v) is 3.07. The summed E-state index contributed by atoms with van der Waals surface area (Å²) in [5, 5.41) is 4.47. The van der Waals surface area contributed by atoms with E-state index in [0.717, 1.165) is 17.5 Å². The highest BCUT2D eigenvalue weighted by Gasteiger charge is 2.20. The van der Waals surface area contributed by atoms with Gasteiger partial charge in [0.1, 0.15) is 5.75 Å². The lowest BCUT2D eigenvalue weighted by Crippen LogP contribution is -1.99. The van der Waals surface area contributed by atoms with Gasteiger partial charge in [-0.05, 0) is 30.5 Å². The topological polar surface area (TPSA) is 61.3 Å². The molecule has 0 saturated heterocycles. The highest BCUT2D eigenvalue weighted by atomic mass is 35.5. The Morgan fingerprint density at radius 2 is 2.16 bits per heavy atom. The normalized spacial score (nSPS) is 11.0. The van der Waals surface area contributed by atoms with E-state index in [9.17, 15) is 0 Å². The minimum absolute atomic E-state index is 0.431. The van der Waals surface area contributed by atoms with Crippen molar-refractivity contribution >= 4 is 17.4 Å². The van der Waals surface area contributed by atoms with Crippen molar-refractivity contribution in [2.24, 2.45) is 5.92 Å². The minimum Gasteiger partial charge on any atom is -0.496 e. The summed E-state index contributed by atoms with van der Waals surface area (Å²) >= 11 is 5.96. The molecule has 0 fully saturated rings. The van der Waals surface area contributed by atoms with Gasteiger partial charge in [-0.1, -0.05) is 30.6 Å². The zero-order chi connectivity index (χ0) is 14.0. The third kappa shape index (κ3) is 2.84. The summed E-state index contributed by atoms with van der Waals surface area (Å²) in [5.74, 6) is 2.19. The van der Waals surface area contributed by atoms with Crippen LogP contribution >= 0.6 is 11.6 Å². The predicted molar refractivity (Wildman–Crippen MR) is 76.5 cm³/mol. The zero-order valence-electron chi connectivity index (χ0n) is 11.2. The number of hydrogen-bond donors (Lipinski definition) is 1. The molecular formula is C14H17ClN2O2. The molecule has 1 aromatic heterocycles. The van der Waals surface area contributed by atoms with Crippen molar-refractivity contribution in [3.05, 3.63) is 28.8 Å². The standard InChI is InChI=1S/C14H17ClN2O2/c1-8(2)6-11-13(19-17-14(11)16)10-5-4-9(15)7-12(10)18-3/h4-5,7-8H,6H2,1-3H3,(H2,16,17). The Hall–Kier alpha value is -1.68. The summed E-state index contributed by atoms with van der Waals surface area (Å²) in [4.78, 5) is 0. The Balaban J connectivity index is 2.53. The van der Waals surface area contributed by atoms with E-state index in [1.807, 2.05) is 6.07 Å². The molecule has 0 radical (unpaired) electrons. The lowest BCUT2D eigenvalue weighted by atomic mass is 9.99. The molecule has 19 heavy (non-hydrogen) atoms. The second-order valence-corrected chi connectivity index (χ2v) is 5.25. The second kappa shape index (κ2) is 5.53. The van der Waals surface area contributed by atoms with Gasteiger partial charge in [-0.25, -0.2) is 0 Å². The number of benzene rings is 1. The molecule has 102 valence electrons. The molecule has 4 nitrogen and oxygen atoms in total. The monoisotopic (exact) mass is 280 g/mol. The number of nitrogens with two attached hydrogens (primary N) is 1. The van der Waals surface area contributed by atoms with E-state index < -0.39 is 0 Å². The molecule has 2 N–H and O–H groups in total. The highest BCUT2D eigenvalue weighted by molar-refractivity contribution is 6.30. The Kier molecular flexibility index (Phi) is 4.00. The second-order valence-electron chi connectivity index (χ2n) is 4.82.